The highest BCUT2D eigenvalue weighted by atomic mass is 16.3. The number of fused-ring (bicyclic) bond motifs is 1. The van der Waals surface area contributed by atoms with E-state index in [1.165, 1.54) is 25.7 Å². The molecular formula is C21H33NO4. The highest BCUT2D eigenvalue weighted by Crippen LogP contribution is 2.43. The van der Waals surface area contributed by atoms with E-state index in [4.69, 9.17) is 0 Å². The summed E-state index contributed by atoms with van der Waals surface area (Å²) in [4.78, 5) is 36.6. The van der Waals surface area contributed by atoms with Gasteiger partial charge in [-0.25, -0.2) is 0 Å². The Labute approximate surface area is 156 Å². The van der Waals surface area contributed by atoms with Crippen LogP contribution >= 0.6 is 0 Å². The third-order valence-corrected chi connectivity index (χ3v) is 7.21. The van der Waals surface area contributed by atoms with Crippen LogP contribution in [-0.2, 0) is 14.4 Å². The van der Waals surface area contributed by atoms with Gasteiger partial charge in [-0.15, -0.1) is 0 Å². The van der Waals surface area contributed by atoms with Crippen molar-refractivity contribution in [2.75, 3.05) is 0 Å². The van der Waals surface area contributed by atoms with Crippen LogP contribution in [0.2, 0.25) is 0 Å². The molecule has 5 nitrogen and oxygen atoms in total. The van der Waals surface area contributed by atoms with Crippen molar-refractivity contribution < 1.29 is 19.5 Å². The lowest BCUT2D eigenvalue weighted by molar-refractivity contribution is -0.136. The topological polar surface area (TPSA) is 83.5 Å². The molecule has 1 amide bonds. The van der Waals surface area contributed by atoms with Gasteiger partial charge in [0.2, 0.25) is 5.91 Å². The Balaban J connectivity index is 1.59. The molecule has 2 N–H and O–H groups in total. The molecule has 3 aliphatic rings. The fraction of sp³-hybridized carbons (Fsp3) is 0.857. The molecule has 3 fully saturated rings. The summed E-state index contributed by atoms with van der Waals surface area (Å²) in [6.45, 7) is 3.09. The van der Waals surface area contributed by atoms with Crippen molar-refractivity contribution in [3.8, 4) is 0 Å². The van der Waals surface area contributed by atoms with Gasteiger partial charge in [0, 0.05) is 17.9 Å². The summed E-state index contributed by atoms with van der Waals surface area (Å²) in [5.74, 6) is 0.380. The van der Waals surface area contributed by atoms with Crippen molar-refractivity contribution in [2.45, 2.75) is 83.8 Å². The highest BCUT2D eigenvalue weighted by molar-refractivity contribution is 5.88. The molecule has 3 saturated carbocycles. The van der Waals surface area contributed by atoms with E-state index < -0.39 is 6.10 Å². The predicted octanol–water partition coefficient (Wildman–Crippen LogP) is 2.64. The molecule has 0 saturated heterocycles. The number of ketones is 2. The van der Waals surface area contributed by atoms with Gasteiger partial charge >= 0.3 is 0 Å². The van der Waals surface area contributed by atoms with E-state index in [-0.39, 0.29) is 41.3 Å². The first-order chi connectivity index (χ1) is 12.4. The van der Waals surface area contributed by atoms with Gasteiger partial charge < -0.3 is 10.4 Å². The molecule has 0 bridgehead atoms. The molecule has 146 valence electrons. The average molecular weight is 363 g/mol. The van der Waals surface area contributed by atoms with E-state index in [0.717, 1.165) is 19.3 Å². The van der Waals surface area contributed by atoms with Crippen LogP contribution in [0.25, 0.3) is 0 Å². The zero-order valence-corrected chi connectivity index (χ0v) is 16.1. The van der Waals surface area contributed by atoms with Crippen LogP contribution in [0, 0.1) is 29.6 Å². The van der Waals surface area contributed by atoms with E-state index in [1.54, 1.807) is 13.8 Å². The largest absolute Gasteiger partial charge is 0.392 e. The lowest BCUT2D eigenvalue weighted by Gasteiger charge is -2.42. The molecule has 0 spiro atoms. The molecule has 26 heavy (non-hydrogen) atoms. The van der Waals surface area contributed by atoms with Crippen LogP contribution in [0.4, 0.5) is 0 Å². The molecule has 7 unspecified atom stereocenters. The third kappa shape index (κ3) is 4.19. The summed E-state index contributed by atoms with van der Waals surface area (Å²) < 4.78 is 0. The van der Waals surface area contributed by atoms with Gasteiger partial charge in [0.1, 0.15) is 11.6 Å². The lowest BCUT2D eigenvalue weighted by atomic mass is 9.66. The number of hydrogen-bond donors (Lipinski definition) is 2. The quantitative estimate of drug-likeness (QED) is 0.804. The van der Waals surface area contributed by atoms with E-state index in [2.05, 4.69) is 5.32 Å². The summed E-state index contributed by atoms with van der Waals surface area (Å²) in [6, 6.07) is -0.0664. The predicted molar refractivity (Wildman–Crippen MR) is 98.3 cm³/mol. The van der Waals surface area contributed by atoms with Crippen molar-refractivity contribution in [2.24, 2.45) is 29.6 Å². The number of nitrogens with one attached hydrogen (secondary N) is 1. The van der Waals surface area contributed by atoms with Crippen LogP contribution in [0.1, 0.15) is 71.6 Å². The molecule has 3 rings (SSSR count). The fourth-order valence-corrected chi connectivity index (χ4v) is 5.69. The molecule has 0 aromatic rings. The van der Waals surface area contributed by atoms with Crippen molar-refractivity contribution in [1.29, 1.82) is 0 Å². The maximum absolute atomic E-state index is 12.8. The average Bonchev–Trinajstić information content (AvgIpc) is 2.60. The maximum atomic E-state index is 12.8. The van der Waals surface area contributed by atoms with Gasteiger partial charge in [0.05, 0.1) is 12.0 Å². The van der Waals surface area contributed by atoms with Crippen LogP contribution < -0.4 is 5.32 Å². The molecule has 0 heterocycles. The minimum atomic E-state index is -0.550. The molecule has 0 aromatic heterocycles. The number of carbonyl (C=O) groups excluding carboxylic acids is 3. The summed E-state index contributed by atoms with van der Waals surface area (Å²) >= 11 is 0. The summed E-state index contributed by atoms with van der Waals surface area (Å²) in [5.41, 5.74) is 0. The Morgan fingerprint density at radius 1 is 0.769 bits per heavy atom. The summed E-state index contributed by atoms with van der Waals surface area (Å²) in [5, 5.41) is 13.6. The Morgan fingerprint density at radius 2 is 1.38 bits per heavy atom. The zero-order valence-electron chi connectivity index (χ0n) is 16.1. The minimum absolute atomic E-state index is 0.0342. The SMILES string of the molecule is CC(=O)C1CCC(NC(=O)C2CC3CCCCC3CC2O)CC1C(C)=O. The van der Waals surface area contributed by atoms with Crippen LogP contribution in [-0.4, -0.2) is 34.7 Å². The van der Waals surface area contributed by atoms with Gasteiger partial charge in [0.25, 0.3) is 0 Å². The van der Waals surface area contributed by atoms with Gasteiger partial charge in [-0.2, -0.15) is 0 Å². The molecule has 0 radical (unpaired) electrons. The lowest BCUT2D eigenvalue weighted by Crippen LogP contribution is -2.50. The van der Waals surface area contributed by atoms with Crippen LogP contribution in [0.5, 0.6) is 0 Å². The number of aliphatic hydroxyl groups is 1. The number of carbonyl (C=O) groups is 3. The molecule has 0 aromatic carbocycles. The van der Waals surface area contributed by atoms with E-state index in [9.17, 15) is 19.5 Å². The Hall–Kier alpha value is -1.23. The van der Waals surface area contributed by atoms with Gasteiger partial charge in [-0.1, -0.05) is 25.7 Å². The molecule has 0 aliphatic heterocycles. The van der Waals surface area contributed by atoms with E-state index in [1.807, 2.05) is 0 Å². The van der Waals surface area contributed by atoms with E-state index >= 15 is 0 Å². The monoisotopic (exact) mass is 363 g/mol. The number of Topliss-reactive ketones (excluding diaryl/α,β-unsaturated/α-hetero) is 2. The fourth-order valence-electron chi connectivity index (χ4n) is 5.69. The molecule has 3 aliphatic carbocycles. The molecule has 7 atom stereocenters. The van der Waals surface area contributed by atoms with Crippen LogP contribution in [0.3, 0.4) is 0 Å². The first-order valence-electron chi connectivity index (χ1n) is 10.4. The number of amides is 1. The normalized spacial score (nSPS) is 40.3. The third-order valence-electron chi connectivity index (χ3n) is 7.21. The second-order valence-corrected chi connectivity index (χ2v) is 8.90. The Morgan fingerprint density at radius 3 is 2.00 bits per heavy atom. The number of hydrogen-bond acceptors (Lipinski definition) is 4. The smallest absolute Gasteiger partial charge is 0.225 e. The highest BCUT2D eigenvalue weighted by Gasteiger charge is 2.42. The van der Waals surface area contributed by atoms with Gasteiger partial charge in [-0.3, -0.25) is 14.4 Å². The zero-order chi connectivity index (χ0) is 18.8. The Bertz CT molecular complexity index is 560. The summed E-state index contributed by atoms with van der Waals surface area (Å²) in [6.07, 6.45) is 7.76. The van der Waals surface area contributed by atoms with E-state index in [0.29, 0.717) is 24.7 Å². The molecular weight excluding hydrogens is 330 g/mol. The first-order valence-corrected chi connectivity index (χ1v) is 10.4. The van der Waals surface area contributed by atoms with Crippen molar-refractivity contribution in [3.05, 3.63) is 0 Å². The second kappa shape index (κ2) is 8.20. The standard InChI is InChI=1S/C21H33NO4/c1-12(23)17-8-7-16(11-18(17)13(2)24)22-21(26)19-9-14-5-3-4-6-15(14)10-20(19)25/h14-20,25H,3-11H2,1-2H3,(H,22,26). The number of rotatable bonds is 4. The van der Waals surface area contributed by atoms with Gasteiger partial charge in [0.15, 0.2) is 0 Å². The van der Waals surface area contributed by atoms with Crippen molar-refractivity contribution in [3.63, 3.8) is 0 Å². The minimum Gasteiger partial charge on any atom is -0.392 e. The van der Waals surface area contributed by atoms with Crippen molar-refractivity contribution >= 4 is 17.5 Å². The second-order valence-electron chi connectivity index (χ2n) is 8.90. The first kappa shape index (κ1) is 19.5. The van der Waals surface area contributed by atoms with Gasteiger partial charge in [-0.05, 0) is 57.8 Å². The number of aliphatic hydroxyl groups excluding tert-OH is 1. The summed E-state index contributed by atoms with van der Waals surface area (Å²) in [7, 11) is 0. The maximum Gasteiger partial charge on any atom is 0.225 e. The Kier molecular flexibility index (Phi) is 6.16. The van der Waals surface area contributed by atoms with Crippen molar-refractivity contribution in [1.82, 2.24) is 5.32 Å². The molecule has 5 heteroatoms. The van der Waals surface area contributed by atoms with Crippen LogP contribution in [0.15, 0.2) is 0 Å².